The van der Waals surface area contributed by atoms with E-state index >= 15 is 0 Å². The molecule has 0 aromatic heterocycles. The Morgan fingerprint density at radius 3 is 2.37 bits per heavy atom. The molecule has 1 aliphatic carbocycles. The van der Waals surface area contributed by atoms with Crippen LogP contribution in [0.4, 0.5) is 4.79 Å². The molecule has 1 saturated carbocycles. The average Bonchev–Trinajstić information content (AvgIpc) is 2.90. The van der Waals surface area contributed by atoms with E-state index in [0.717, 1.165) is 31.2 Å². The van der Waals surface area contributed by atoms with Crippen molar-refractivity contribution in [3.05, 3.63) is 59.7 Å². The number of hydrogen-bond donors (Lipinski definition) is 4. The number of amides is 3. The van der Waals surface area contributed by atoms with Crippen molar-refractivity contribution in [2.24, 2.45) is 15.8 Å². The highest BCUT2D eigenvalue weighted by atomic mass is 16.5. The summed E-state index contributed by atoms with van der Waals surface area (Å²) in [4.78, 5) is 43.1. The smallest absolute Gasteiger partial charge is 0.316 e. The van der Waals surface area contributed by atoms with Gasteiger partial charge < -0.3 is 25.8 Å². The largest absolute Gasteiger partial charge is 0.507 e. The van der Waals surface area contributed by atoms with Crippen LogP contribution in [0.15, 0.2) is 53.5 Å². The van der Waals surface area contributed by atoms with Gasteiger partial charge in [0.05, 0.1) is 17.5 Å². The third kappa shape index (κ3) is 9.62. The zero-order valence-electron chi connectivity index (χ0n) is 25.0. The van der Waals surface area contributed by atoms with Gasteiger partial charge in [-0.3, -0.25) is 14.6 Å². The minimum absolute atomic E-state index is 0.0110. The first kappa shape index (κ1) is 31.6. The lowest BCUT2D eigenvalue weighted by Crippen LogP contribution is -2.58. The number of carbonyl (C=O) groups is 3. The van der Waals surface area contributed by atoms with E-state index in [0.29, 0.717) is 17.9 Å². The molecule has 9 nitrogen and oxygen atoms in total. The number of hydrogen-bond acceptors (Lipinski definition) is 6. The number of nitrogens with one attached hydrogen (secondary N) is 3. The second-order valence-corrected chi connectivity index (χ2v) is 12.7. The molecule has 0 radical (unpaired) electrons. The van der Waals surface area contributed by atoms with Gasteiger partial charge in [-0.05, 0) is 62.8 Å². The van der Waals surface area contributed by atoms with Crippen molar-refractivity contribution in [3.8, 4) is 11.5 Å². The molecule has 41 heavy (non-hydrogen) atoms. The quantitative estimate of drug-likeness (QED) is 0.201. The number of esters is 1. The molecule has 9 heteroatoms. The highest BCUT2D eigenvalue weighted by molar-refractivity contribution is 5.88. The minimum Gasteiger partial charge on any atom is -0.507 e. The number of urea groups is 1. The number of nitrogens with zero attached hydrogens (tertiary/aromatic N) is 1. The van der Waals surface area contributed by atoms with Crippen molar-refractivity contribution < 1.29 is 24.2 Å². The van der Waals surface area contributed by atoms with Crippen molar-refractivity contribution >= 4 is 24.1 Å². The van der Waals surface area contributed by atoms with Crippen molar-refractivity contribution in [3.63, 3.8) is 0 Å². The van der Waals surface area contributed by atoms with Crippen LogP contribution in [0.5, 0.6) is 11.5 Å². The van der Waals surface area contributed by atoms with Gasteiger partial charge in [0.25, 0.3) is 0 Å². The summed E-state index contributed by atoms with van der Waals surface area (Å²) in [5.41, 5.74) is 0.217. The van der Waals surface area contributed by atoms with Crippen LogP contribution >= 0.6 is 0 Å². The van der Waals surface area contributed by atoms with Crippen LogP contribution in [0.2, 0.25) is 0 Å². The number of aromatic hydroxyl groups is 1. The molecule has 2 aromatic rings. The highest BCUT2D eigenvalue weighted by Gasteiger charge is 2.34. The summed E-state index contributed by atoms with van der Waals surface area (Å²) >= 11 is 0. The van der Waals surface area contributed by atoms with Crippen LogP contribution in [-0.4, -0.2) is 47.4 Å². The van der Waals surface area contributed by atoms with E-state index in [-0.39, 0.29) is 29.7 Å². The molecular formula is C32H44N4O5. The van der Waals surface area contributed by atoms with Crippen LogP contribution in [0, 0.1) is 10.8 Å². The summed E-state index contributed by atoms with van der Waals surface area (Å²) in [7, 11) is 0. The molecule has 0 heterocycles. The molecule has 1 unspecified atom stereocenters. The Hall–Kier alpha value is -3.88. The van der Waals surface area contributed by atoms with Gasteiger partial charge in [0.15, 0.2) is 0 Å². The number of phenols is 1. The lowest BCUT2D eigenvalue weighted by molar-refractivity contribution is -0.143. The van der Waals surface area contributed by atoms with E-state index in [4.69, 9.17) is 9.73 Å². The van der Waals surface area contributed by atoms with Gasteiger partial charge in [-0.25, -0.2) is 4.79 Å². The Kier molecular flexibility index (Phi) is 10.5. The maximum Gasteiger partial charge on any atom is 0.316 e. The molecule has 3 amide bonds. The van der Waals surface area contributed by atoms with Crippen LogP contribution in [0.1, 0.15) is 78.4 Å². The number of carbonyl (C=O) groups excluding carboxylic acids is 3. The molecule has 0 aliphatic heterocycles. The van der Waals surface area contributed by atoms with Crippen molar-refractivity contribution in [2.75, 3.05) is 0 Å². The normalized spacial score (nSPS) is 18.4. The average molecular weight is 565 g/mol. The van der Waals surface area contributed by atoms with Crippen molar-refractivity contribution in [1.82, 2.24) is 16.0 Å². The van der Waals surface area contributed by atoms with E-state index < -0.39 is 22.9 Å². The number of phenolic OH excluding ortho intramolecular Hbond substituents is 1. The summed E-state index contributed by atoms with van der Waals surface area (Å²) in [6.45, 7) is 11.4. The van der Waals surface area contributed by atoms with E-state index in [1.54, 1.807) is 33.1 Å². The fourth-order valence-electron chi connectivity index (χ4n) is 4.50. The van der Waals surface area contributed by atoms with Crippen LogP contribution < -0.4 is 20.7 Å². The number of aliphatic imine (C=N–C) groups is 1. The molecule has 3 rings (SSSR count). The Balaban J connectivity index is 1.65. The zero-order chi connectivity index (χ0) is 30.2. The third-order valence-electron chi connectivity index (χ3n) is 6.99. The topological polar surface area (TPSA) is 129 Å². The van der Waals surface area contributed by atoms with Gasteiger partial charge in [0.1, 0.15) is 17.5 Å². The Labute approximate surface area is 243 Å². The van der Waals surface area contributed by atoms with E-state index in [9.17, 15) is 19.5 Å². The maximum atomic E-state index is 13.1. The van der Waals surface area contributed by atoms with Gasteiger partial charge in [-0.2, -0.15) is 0 Å². The lowest BCUT2D eigenvalue weighted by atomic mass is 9.86. The van der Waals surface area contributed by atoms with Crippen LogP contribution in [0.3, 0.4) is 0 Å². The van der Waals surface area contributed by atoms with Crippen LogP contribution in [-0.2, 0) is 16.1 Å². The molecule has 3 atom stereocenters. The molecule has 0 spiro atoms. The molecule has 2 aromatic carbocycles. The summed E-state index contributed by atoms with van der Waals surface area (Å²) in [5.74, 6) is -0.300. The summed E-state index contributed by atoms with van der Waals surface area (Å²) in [6, 6.07) is 12.6. The monoisotopic (exact) mass is 564 g/mol. The first-order valence-corrected chi connectivity index (χ1v) is 14.2. The van der Waals surface area contributed by atoms with Crippen LogP contribution in [0.25, 0.3) is 0 Å². The highest BCUT2D eigenvalue weighted by Crippen LogP contribution is 2.26. The van der Waals surface area contributed by atoms with Gasteiger partial charge >= 0.3 is 12.0 Å². The fourth-order valence-corrected chi connectivity index (χ4v) is 4.50. The van der Waals surface area contributed by atoms with Gasteiger partial charge in [-0.1, -0.05) is 63.9 Å². The molecular weight excluding hydrogens is 520 g/mol. The predicted octanol–water partition coefficient (Wildman–Crippen LogP) is 5.10. The standard InChI is InChI=1S/C32H44N4O5/c1-31(2,3)27(28(38)34-19-21-12-8-7-9-13-21)36-30(40)35-25-15-11-10-14-24(25)33-20-22-18-23(16-17-26(22)37)41-29(39)32(4,5)6/h7-9,12-13,16-18,20,24-25,27,37H,10-11,14-15,19H2,1-6H3,(H,34,38)(H2,35,36,40)/t24-,25?,27-/m0/s1. The molecule has 0 bridgehead atoms. The number of benzene rings is 2. The zero-order valence-corrected chi connectivity index (χ0v) is 25.0. The van der Waals surface area contributed by atoms with Crippen molar-refractivity contribution in [1.29, 1.82) is 0 Å². The Morgan fingerprint density at radius 1 is 1.02 bits per heavy atom. The van der Waals surface area contributed by atoms with E-state index in [2.05, 4.69) is 16.0 Å². The summed E-state index contributed by atoms with van der Waals surface area (Å²) in [6.07, 6.45) is 4.97. The van der Waals surface area contributed by atoms with E-state index in [1.165, 1.54) is 12.1 Å². The first-order chi connectivity index (χ1) is 19.2. The molecule has 1 aliphatic rings. The minimum atomic E-state index is -0.743. The third-order valence-corrected chi connectivity index (χ3v) is 6.99. The molecule has 0 saturated heterocycles. The van der Waals surface area contributed by atoms with E-state index in [1.807, 2.05) is 51.1 Å². The molecule has 222 valence electrons. The van der Waals surface area contributed by atoms with Gasteiger partial charge in [-0.15, -0.1) is 0 Å². The summed E-state index contributed by atoms with van der Waals surface area (Å²) < 4.78 is 5.46. The number of ether oxygens (including phenoxy) is 1. The second kappa shape index (κ2) is 13.7. The number of rotatable bonds is 8. The summed E-state index contributed by atoms with van der Waals surface area (Å²) in [5, 5.41) is 19.2. The fraction of sp³-hybridized carbons (Fsp3) is 0.500. The Morgan fingerprint density at radius 2 is 1.71 bits per heavy atom. The second-order valence-electron chi connectivity index (χ2n) is 12.7. The predicted molar refractivity (Wildman–Crippen MR) is 160 cm³/mol. The van der Waals surface area contributed by atoms with Crippen molar-refractivity contribution in [2.45, 2.75) is 91.9 Å². The lowest BCUT2D eigenvalue weighted by Gasteiger charge is -2.33. The maximum absolute atomic E-state index is 13.1. The molecule has 4 N–H and O–H groups in total. The van der Waals surface area contributed by atoms with Gasteiger partial charge in [0, 0.05) is 18.3 Å². The van der Waals surface area contributed by atoms with Gasteiger partial charge in [0.2, 0.25) is 5.91 Å². The first-order valence-electron chi connectivity index (χ1n) is 14.2. The molecule has 1 fully saturated rings. The SMILES string of the molecule is CC(C)(C)C(=O)Oc1ccc(O)c(C=N[C@H]2CCCCC2NC(=O)N[C@@H](C(=O)NCc2ccccc2)C(C)(C)C)c1. The Bertz CT molecular complexity index is 1230.